The molecule has 0 aromatic rings. The molecule has 1 unspecified atom stereocenters. The summed E-state index contributed by atoms with van der Waals surface area (Å²) in [5.74, 6) is -0.381. The number of ether oxygens (including phenoxy) is 2. The third-order valence-corrected chi connectivity index (χ3v) is 6.32. The first-order valence-corrected chi connectivity index (χ1v) is 14.4. The van der Waals surface area contributed by atoms with Gasteiger partial charge in [0.1, 0.15) is 0 Å². The lowest BCUT2D eigenvalue weighted by Crippen LogP contribution is -2.15. The van der Waals surface area contributed by atoms with Gasteiger partial charge in [0, 0.05) is 12.8 Å². The molecule has 1 atom stereocenters. The fraction of sp³-hybridized carbons (Fsp3) is 0.931. The van der Waals surface area contributed by atoms with E-state index in [0.717, 1.165) is 25.7 Å². The highest BCUT2D eigenvalue weighted by Crippen LogP contribution is 2.13. The molecule has 196 valence electrons. The van der Waals surface area contributed by atoms with Crippen molar-refractivity contribution in [1.82, 2.24) is 0 Å². The van der Waals surface area contributed by atoms with Crippen molar-refractivity contribution in [3.63, 3.8) is 0 Å². The minimum atomic E-state index is -0.192. The number of carbonyl (C=O) groups excluding carboxylic acids is 2. The van der Waals surface area contributed by atoms with E-state index in [0.29, 0.717) is 25.9 Å². The second kappa shape index (κ2) is 25.6. The van der Waals surface area contributed by atoms with Gasteiger partial charge in [-0.25, -0.2) is 0 Å². The maximum absolute atomic E-state index is 11.9. The summed E-state index contributed by atoms with van der Waals surface area (Å²) in [6, 6.07) is 0. The van der Waals surface area contributed by atoms with Crippen LogP contribution in [-0.4, -0.2) is 24.6 Å². The Labute approximate surface area is 206 Å². The molecule has 4 nitrogen and oxygen atoms in total. The van der Waals surface area contributed by atoms with Crippen LogP contribution in [0.25, 0.3) is 0 Å². The summed E-state index contributed by atoms with van der Waals surface area (Å²) in [4.78, 5) is 23.7. The molecule has 0 aliphatic carbocycles. The molecule has 33 heavy (non-hydrogen) atoms. The van der Waals surface area contributed by atoms with E-state index in [1.165, 1.54) is 96.3 Å². The predicted octanol–water partition coefficient (Wildman–Crippen LogP) is 9.08. The lowest BCUT2D eigenvalue weighted by Gasteiger charge is -2.13. The number of esters is 2. The summed E-state index contributed by atoms with van der Waals surface area (Å²) in [5.41, 5.74) is 0. The van der Waals surface area contributed by atoms with Crippen LogP contribution >= 0.6 is 0 Å². The van der Waals surface area contributed by atoms with E-state index >= 15 is 0 Å². The molecular weight excluding hydrogens is 412 g/mol. The third-order valence-electron chi connectivity index (χ3n) is 6.32. The van der Waals surface area contributed by atoms with Crippen LogP contribution in [0.2, 0.25) is 0 Å². The van der Waals surface area contributed by atoms with Crippen LogP contribution in [0.5, 0.6) is 0 Å². The van der Waals surface area contributed by atoms with Crippen molar-refractivity contribution < 1.29 is 19.1 Å². The van der Waals surface area contributed by atoms with Crippen molar-refractivity contribution in [3.8, 4) is 0 Å². The molecule has 0 N–H and O–H groups in total. The molecular formula is C29H56O4. The van der Waals surface area contributed by atoms with E-state index in [1.54, 1.807) is 0 Å². The number of carbonyl (C=O) groups is 2. The Morgan fingerprint density at radius 1 is 0.545 bits per heavy atom. The first-order valence-electron chi connectivity index (χ1n) is 14.4. The highest BCUT2D eigenvalue weighted by atomic mass is 16.5. The Morgan fingerprint density at radius 2 is 0.970 bits per heavy atom. The van der Waals surface area contributed by atoms with Crippen molar-refractivity contribution in [2.45, 2.75) is 168 Å². The zero-order valence-electron chi connectivity index (χ0n) is 22.5. The van der Waals surface area contributed by atoms with E-state index in [1.807, 2.05) is 6.92 Å². The van der Waals surface area contributed by atoms with E-state index in [9.17, 15) is 9.59 Å². The number of unbranched alkanes of at least 4 members (excludes halogenated alkanes) is 16. The first-order chi connectivity index (χ1) is 16.1. The van der Waals surface area contributed by atoms with Crippen LogP contribution in [-0.2, 0) is 19.1 Å². The van der Waals surface area contributed by atoms with Crippen molar-refractivity contribution in [3.05, 3.63) is 0 Å². The van der Waals surface area contributed by atoms with Gasteiger partial charge in [-0.05, 0) is 32.6 Å². The fourth-order valence-corrected chi connectivity index (χ4v) is 4.13. The van der Waals surface area contributed by atoms with E-state index < -0.39 is 0 Å². The zero-order chi connectivity index (χ0) is 24.4. The van der Waals surface area contributed by atoms with Gasteiger partial charge in [-0.3, -0.25) is 9.59 Å². The minimum absolute atomic E-state index is 0.0265. The highest BCUT2D eigenvalue weighted by Gasteiger charge is 2.11. The zero-order valence-corrected chi connectivity index (χ0v) is 22.5. The van der Waals surface area contributed by atoms with Gasteiger partial charge in [0.25, 0.3) is 0 Å². The predicted molar refractivity (Wildman–Crippen MR) is 139 cm³/mol. The van der Waals surface area contributed by atoms with Gasteiger partial charge in [-0.1, -0.05) is 117 Å². The van der Waals surface area contributed by atoms with Gasteiger partial charge in [0.2, 0.25) is 0 Å². The van der Waals surface area contributed by atoms with Gasteiger partial charge in [0.15, 0.2) is 0 Å². The Bertz CT molecular complexity index is 435. The summed E-state index contributed by atoms with van der Waals surface area (Å²) in [6.45, 7) is 6.96. The SMILES string of the molecule is CCCCCCCCCCCCCCOC(=O)CCCC(=O)OC(C)CCCCCCCC. The van der Waals surface area contributed by atoms with Crippen molar-refractivity contribution in [2.75, 3.05) is 6.61 Å². The second-order valence-corrected chi connectivity index (χ2v) is 9.82. The molecule has 0 rings (SSSR count). The summed E-state index contributed by atoms with van der Waals surface area (Å²) in [7, 11) is 0. The van der Waals surface area contributed by atoms with Crippen LogP contribution in [0.1, 0.15) is 162 Å². The largest absolute Gasteiger partial charge is 0.466 e. The molecule has 0 saturated carbocycles. The lowest BCUT2D eigenvalue weighted by molar-refractivity contribution is -0.149. The number of rotatable bonds is 25. The summed E-state index contributed by atoms with van der Waals surface area (Å²) in [6.07, 6.45) is 25.1. The van der Waals surface area contributed by atoms with E-state index in [4.69, 9.17) is 9.47 Å². The standard InChI is InChI=1S/C29H56O4/c1-4-6-8-10-12-13-14-15-16-17-19-21-26-32-28(30)24-22-25-29(31)33-27(3)23-20-18-11-9-7-5-2/h27H,4-26H2,1-3H3. The molecule has 0 aromatic heterocycles. The topological polar surface area (TPSA) is 52.6 Å². The molecule has 0 aliphatic rings. The van der Waals surface area contributed by atoms with Crippen molar-refractivity contribution >= 4 is 11.9 Å². The first kappa shape index (κ1) is 31.9. The molecule has 0 bridgehead atoms. The summed E-state index contributed by atoms with van der Waals surface area (Å²) in [5, 5.41) is 0. The lowest BCUT2D eigenvalue weighted by atomic mass is 10.1. The summed E-state index contributed by atoms with van der Waals surface area (Å²) < 4.78 is 10.8. The van der Waals surface area contributed by atoms with Gasteiger partial charge < -0.3 is 9.47 Å². The van der Waals surface area contributed by atoms with Gasteiger partial charge >= 0.3 is 11.9 Å². The molecule has 0 aliphatic heterocycles. The van der Waals surface area contributed by atoms with Crippen molar-refractivity contribution in [1.29, 1.82) is 0 Å². The maximum atomic E-state index is 11.9. The third kappa shape index (κ3) is 25.4. The van der Waals surface area contributed by atoms with Crippen LogP contribution in [0.4, 0.5) is 0 Å². The Hall–Kier alpha value is -1.06. The van der Waals surface area contributed by atoms with Gasteiger partial charge in [-0.2, -0.15) is 0 Å². The average Bonchev–Trinajstić information content (AvgIpc) is 2.79. The van der Waals surface area contributed by atoms with E-state index in [-0.39, 0.29) is 18.0 Å². The molecule has 0 radical (unpaired) electrons. The van der Waals surface area contributed by atoms with Crippen molar-refractivity contribution in [2.24, 2.45) is 0 Å². The molecule has 0 spiro atoms. The van der Waals surface area contributed by atoms with Gasteiger partial charge in [-0.15, -0.1) is 0 Å². The normalized spacial score (nSPS) is 12.0. The molecule has 0 aromatic carbocycles. The average molecular weight is 469 g/mol. The number of hydrogen-bond acceptors (Lipinski definition) is 4. The molecule has 0 saturated heterocycles. The smallest absolute Gasteiger partial charge is 0.306 e. The second-order valence-electron chi connectivity index (χ2n) is 9.82. The Balaban J connectivity index is 3.40. The maximum Gasteiger partial charge on any atom is 0.306 e. The molecule has 0 heterocycles. The fourth-order valence-electron chi connectivity index (χ4n) is 4.13. The molecule has 0 fully saturated rings. The molecule has 0 amide bonds. The monoisotopic (exact) mass is 468 g/mol. The highest BCUT2D eigenvalue weighted by molar-refractivity contribution is 5.72. The van der Waals surface area contributed by atoms with Gasteiger partial charge in [0.05, 0.1) is 12.7 Å². The van der Waals surface area contributed by atoms with Crippen LogP contribution < -0.4 is 0 Å². The van der Waals surface area contributed by atoms with Crippen LogP contribution in [0.3, 0.4) is 0 Å². The quantitative estimate of drug-likeness (QED) is 0.0990. The number of hydrogen-bond donors (Lipinski definition) is 0. The summed E-state index contributed by atoms with van der Waals surface area (Å²) >= 11 is 0. The van der Waals surface area contributed by atoms with Crippen LogP contribution in [0.15, 0.2) is 0 Å². The Morgan fingerprint density at radius 3 is 1.48 bits per heavy atom. The van der Waals surface area contributed by atoms with Crippen LogP contribution in [0, 0.1) is 0 Å². The minimum Gasteiger partial charge on any atom is -0.466 e. The van der Waals surface area contributed by atoms with E-state index in [2.05, 4.69) is 13.8 Å². The molecule has 4 heteroatoms. The Kier molecular flexibility index (Phi) is 24.7.